The van der Waals surface area contributed by atoms with E-state index in [-0.39, 0.29) is 0 Å². The molecule has 0 radical (unpaired) electrons. The van der Waals surface area contributed by atoms with Gasteiger partial charge in [-0.05, 0) is 44.6 Å². The van der Waals surface area contributed by atoms with Gasteiger partial charge in [0.15, 0.2) is 0 Å². The molecule has 2 nitrogen and oxygen atoms in total. The lowest BCUT2D eigenvalue weighted by Crippen LogP contribution is -2.50. The molecular weight excluding hydrogens is 148 g/mol. The Morgan fingerprint density at radius 2 is 2.25 bits per heavy atom. The Hall–Kier alpha value is -0.0800. The monoisotopic (exact) mass is 166 g/mol. The van der Waals surface area contributed by atoms with E-state index in [2.05, 4.69) is 11.9 Å². The van der Waals surface area contributed by atoms with Gasteiger partial charge in [-0.25, -0.2) is 0 Å². The molecule has 0 amide bonds. The number of hydrogen-bond donors (Lipinski definition) is 1. The highest BCUT2D eigenvalue weighted by Gasteiger charge is 2.60. The zero-order valence-electron chi connectivity index (χ0n) is 7.79. The fourth-order valence-corrected chi connectivity index (χ4v) is 3.28. The smallest absolute Gasteiger partial charge is 0.0251 e. The maximum absolute atomic E-state index is 5.82. The van der Waals surface area contributed by atoms with Crippen molar-refractivity contribution in [3.63, 3.8) is 0 Å². The van der Waals surface area contributed by atoms with Crippen molar-refractivity contribution in [2.45, 2.75) is 37.3 Å². The number of nitrogens with zero attached hydrogens (tertiary/aromatic N) is 1. The molecular formula is C10H18N2. The number of piperidine rings is 1. The molecule has 1 spiro atoms. The van der Waals surface area contributed by atoms with Gasteiger partial charge in [-0.2, -0.15) is 0 Å². The lowest BCUT2D eigenvalue weighted by atomic mass is 9.94. The van der Waals surface area contributed by atoms with E-state index in [1.54, 1.807) is 0 Å². The highest BCUT2D eigenvalue weighted by atomic mass is 15.3. The van der Waals surface area contributed by atoms with Crippen molar-refractivity contribution in [2.24, 2.45) is 17.6 Å². The van der Waals surface area contributed by atoms with Gasteiger partial charge >= 0.3 is 0 Å². The van der Waals surface area contributed by atoms with Crippen molar-refractivity contribution in [1.29, 1.82) is 0 Å². The predicted molar refractivity (Wildman–Crippen MR) is 48.8 cm³/mol. The molecule has 3 atom stereocenters. The summed E-state index contributed by atoms with van der Waals surface area (Å²) in [5, 5.41) is 0. The molecule has 3 aliphatic rings. The highest BCUT2D eigenvalue weighted by Crippen LogP contribution is 2.60. The highest BCUT2D eigenvalue weighted by molar-refractivity contribution is 5.15. The molecule has 1 saturated heterocycles. The summed E-state index contributed by atoms with van der Waals surface area (Å²) in [4.78, 5) is 2.60. The van der Waals surface area contributed by atoms with E-state index in [0.29, 0.717) is 11.6 Å². The van der Waals surface area contributed by atoms with Gasteiger partial charge < -0.3 is 5.73 Å². The fourth-order valence-electron chi connectivity index (χ4n) is 3.28. The molecule has 0 aromatic rings. The molecule has 0 aromatic carbocycles. The molecule has 1 aliphatic heterocycles. The van der Waals surface area contributed by atoms with Crippen LogP contribution in [0.1, 0.15) is 25.7 Å². The number of hydrogen-bond acceptors (Lipinski definition) is 2. The molecule has 2 N–H and O–H groups in total. The minimum Gasteiger partial charge on any atom is -0.329 e. The van der Waals surface area contributed by atoms with E-state index in [4.69, 9.17) is 5.73 Å². The minimum absolute atomic E-state index is 0.627. The minimum atomic E-state index is 0.627. The first-order valence-corrected chi connectivity index (χ1v) is 5.20. The standard InChI is InChI=1S/C10H18N2/c1-12-9(6-11)8-4-7(8)5-10(12)2-3-10/h7-9H,2-6,11H2,1H3. The molecule has 3 fully saturated rings. The van der Waals surface area contributed by atoms with Gasteiger partial charge in [0, 0.05) is 18.1 Å². The first kappa shape index (κ1) is 7.34. The Labute approximate surface area is 74.1 Å². The first-order valence-electron chi connectivity index (χ1n) is 5.20. The van der Waals surface area contributed by atoms with E-state index in [0.717, 1.165) is 18.4 Å². The summed E-state index contributed by atoms with van der Waals surface area (Å²) in [5.74, 6) is 2.02. The second kappa shape index (κ2) is 2.05. The Balaban J connectivity index is 1.84. The quantitative estimate of drug-likeness (QED) is 0.625. The van der Waals surface area contributed by atoms with Crippen LogP contribution in [-0.4, -0.2) is 30.1 Å². The van der Waals surface area contributed by atoms with E-state index in [1.165, 1.54) is 25.7 Å². The SMILES string of the molecule is CN1C(CN)C2CC2CC12CC2. The summed E-state index contributed by atoms with van der Waals surface area (Å²) in [5.41, 5.74) is 6.44. The summed E-state index contributed by atoms with van der Waals surface area (Å²) < 4.78 is 0. The molecule has 2 saturated carbocycles. The van der Waals surface area contributed by atoms with Crippen molar-refractivity contribution >= 4 is 0 Å². The Morgan fingerprint density at radius 3 is 2.83 bits per heavy atom. The van der Waals surface area contributed by atoms with Crippen LogP contribution in [0.25, 0.3) is 0 Å². The molecule has 68 valence electrons. The second-order valence-electron chi connectivity index (χ2n) is 5.00. The summed E-state index contributed by atoms with van der Waals surface area (Å²) in [6.07, 6.45) is 5.81. The van der Waals surface area contributed by atoms with Crippen molar-refractivity contribution in [1.82, 2.24) is 4.90 Å². The fraction of sp³-hybridized carbons (Fsp3) is 1.00. The van der Waals surface area contributed by atoms with Crippen LogP contribution in [0, 0.1) is 11.8 Å². The van der Waals surface area contributed by atoms with E-state index in [1.807, 2.05) is 0 Å². The second-order valence-corrected chi connectivity index (χ2v) is 5.00. The van der Waals surface area contributed by atoms with Crippen molar-refractivity contribution in [3.8, 4) is 0 Å². The van der Waals surface area contributed by atoms with Crippen LogP contribution in [0.3, 0.4) is 0 Å². The summed E-state index contributed by atoms with van der Waals surface area (Å²) in [6, 6.07) is 0.714. The number of rotatable bonds is 1. The number of likely N-dealkylation sites (tertiary alicyclic amines) is 1. The average molecular weight is 166 g/mol. The molecule has 12 heavy (non-hydrogen) atoms. The summed E-state index contributed by atoms with van der Waals surface area (Å²) in [6.45, 7) is 0.874. The van der Waals surface area contributed by atoms with Gasteiger partial charge in [0.05, 0.1) is 0 Å². The topological polar surface area (TPSA) is 29.3 Å². The molecule has 2 heteroatoms. The maximum atomic E-state index is 5.82. The Morgan fingerprint density at radius 1 is 1.50 bits per heavy atom. The van der Waals surface area contributed by atoms with Gasteiger partial charge in [0.2, 0.25) is 0 Å². The summed E-state index contributed by atoms with van der Waals surface area (Å²) >= 11 is 0. The van der Waals surface area contributed by atoms with Crippen LogP contribution in [0.2, 0.25) is 0 Å². The lowest BCUT2D eigenvalue weighted by molar-refractivity contribution is 0.0927. The van der Waals surface area contributed by atoms with Crippen molar-refractivity contribution in [3.05, 3.63) is 0 Å². The van der Waals surface area contributed by atoms with Crippen molar-refractivity contribution < 1.29 is 0 Å². The van der Waals surface area contributed by atoms with Crippen LogP contribution in [-0.2, 0) is 0 Å². The van der Waals surface area contributed by atoms with Gasteiger partial charge in [0.1, 0.15) is 0 Å². The largest absolute Gasteiger partial charge is 0.329 e. The lowest BCUT2D eigenvalue weighted by Gasteiger charge is -2.39. The third-order valence-corrected chi connectivity index (χ3v) is 4.43. The molecule has 0 bridgehead atoms. The van der Waals surface area contributed by atoms with Gasteiger partial charge in [-0.1, -0.05) is 0 Å². The number of likely N-dealkylation sites (N-methyl/N-ethyl adjacent to an activating group) is 1. The third kappa shape index (κ3) is 0.775. The predicted octanol–water partition coefficient (Wildman–Crippen LogP) is 0.818. The normalized spacial score (nSPS) is 49.0. The van der Waals surface area contributed by atoms with E-state index in [9.17, 15) is 0 Å². The van der Waals surface area contributed by atoms with Crippen LogP contribution in [0.5, 0.6) is 0 Å². The average Bonchev–Trinajstić information content (AvgIpc) is 2.92. The van der Waals surface area contributed by atoms with Crippen LogP contribution >= 0.6 is 0 Å². The van der Waals surface area contributed by atoms with E-state index >= 15 is 0 Å². The number of nitrogens with two attached hydrogens (primary N) is 1. The van der Waals surface area contributed by atoms with Gasteiger partial charge in [-0.15, -0.1) is 0 Å². The van der Waals surface area contributed by atoms with Gasteiger partial charge in [-0.3, -0.25) is 4.90 Å². The number of fused-ring (bicyclic) bond motifs is 1. The molecule has 1 heterocycles. The molecule has 3 unspecified atom stereocenters. The van der Waals surface area contributed by atoms with Crippen LogP contribution < -0.4 is 5.73 Å². The van der Waals surface area contributed by atoms with Gasteiger partial charge in [0.25, 0.3) is 0 Å². The van der Waals surface area contributed by atoms with E-state index < -0.39 is 0 Å². The van der Waals surface area contributed by atoms with Crippen LogP contribution in [0.15, 0.2) is 0 Å². The zero-order chi connectivity index (χ0) is 8.34. The first-order chi connectivity index (χ1) is 5.77. The van der Waals surface area contributed by atoms with Crippen molar-refractivity contribution in [2.75, 3.05) is 13.6 Å². The molecule has 0 aromatic heterocycles. The zero-order valence-corrected chi connectivity index (χ0v) is 7.79. The molecule has 3 rings (SSSR count). The summed E-state index contributed by atoms with van der Waals surface area (Å²) in [7, 11) is 2.29. The Bertz CT molecular complexity index is 210. The van der Waals surface area contributed by atoms with Crippen LogP contribution in [0.4, 0.5) is 0 Å². The Kier molecular flexibility index (Phi) is 1.25. The molecule has 2 aliphatic carbocycles. The maximum Gasteiger partial charge on any atom is 0.0251 e. The third-order valence-electron chi connectivity index (χ3n) is 4.43.